The van der Waals surface area contributed by atoms with E-state index in [4.69, 9.17) is 33.7 Å². The second kappa shape index (κ2) is 10.2. The Morgan fingerprint density at radius 2 is 1.82 bits per heavy atom. The van der Waals surface area contributed by atoms with Gasteiger partial charge in [-0.25, -0.2) is 0 Å². The molecule has 1 saturated heterocycles. The maximum atomic E-state index is 13.1. The first kappa shape index (κ1) is 26.4. The van der Waals surface area contributed by atoms with E-state index in [1.807, 2.05) is 26.0 Å². The Hall–Kier alpha value is -2.17. The van der Waals surface area contributed by atoms with Crippen molar-refractivity contribution in [1.82, 2.24) is 14.7 Å². The lowest BCUT2D eigenvalue weighted by Gasteiger charge is -2.38. The van der Waals surface area contributed by atoms with Crippen molar-refractivity contribution in [1.29, 1.82) is 0 Å². The van der Waals surface area contributed by atoms with Gasteiger partial charge in [0, 0.05) is 44.0 Å². The maximum Gasteiger partial charge on any atom is 0.436 e. The molecular formula is C22H28Cl2F3N5O2. The highest BCUT2D eigenvalue weighted by atomic mass is 35.5. The van der Waals surface area contributed by atoms with Crippen LogP contribution in [0, 0.1) is 12.8 Å². The van der Waals surface area contributed by atoms with Gasteiger partial charge in [-0.1, -0.05) is 37.0 Å². The Balaban J connectivity index is 1.74. The number of benzene rings is 1. The molecule has 0 spiro atoms. The van der Waals surface area contributed by atoms with E-state index in [0.29, 0.717) is 37.0 Å². The average Bonchev–Trinajstić information content (AvgIpc) is 3.07. The minimum atomic E-state index is -4.68. The summed E-state index contributed by atoms with van der Waals surface area (Å²) in [5, 5.41) is 3.49. The van der Waals surface area contributed by atoms with Gasteiger partial charge in [0.1, 0.15) is 12.3 Å². The Morgan fingerprint density at radius 1 is 1.21 bits per heavy atom. The van der Waals surface area contributed by atoms with E-state index in [0.717, 1.165) is 15.9 Å². The number of nitrogens with zero attached hydrogens (tertiary/aromatic N) is 4. The molecule has 7 nitrogen and oxygen atoms in total. The number of methoxy groups -OCH3 is 1. The highest BCUT2D eigenvalue weighted by molar-refractivity contribution is 6.32. The molecule has 2 aromatic rings. The third-order valence-electron chi connectivity index (χ3n) is 6.04. The molecule has 1 aliphatic rings. The van der Waals surface area contributed by atoms with Crippen molar-refractivity contribution in [2.75, 3.05) is 38.2 Å². The number of aromatic nitrogens is 2. The lowest BCUT2D eigenvalue weighted by Crippen LogP contribution is -2.50. The molecule has 3 rings (SSSR count). The fourth-order valence-electron chi connectivity index (χ4n) is 3.90. The van der Waals surface area contributed by atoms with Gasteiger partial charge in [-0.05, 0) is 24.5 Å². The van der Waals surface area contributed by atoms with E-state index in [-0.39, 0.29) is 30.1 Å². The molecule has 2 heterocycles. The highest BCUT2D eigenvalue weighted by Crippen LogP contribution is 2.38. The second-order valence-corrected chi connectivity index (χ2v) is 9.37. The number of alkyl halides is 3. The zero-order valence-corrected chi connectivity index (χ0v) is 20.9. The summed E-state index contributed by atoms with van der Waals surface area (Å²) in [6.45, 7) is 6.94. The number of carbonyl (C=O) groups is 1. The van der Waals surface area contributed by atoms with Crippen molar-refractivity contribution in [2.45, 2.75) is 39.5 Å². The number of carbonyl (C=O) groups excluding carboxylic acids is 1. The molecule has 2 N–H and O–H groups in total. The van der Waals surface area contributed by atoms with Gasteiger partial charge in [-0.15, -0.1) is 0 Å². The summed E-state index contributed by atoms with van der Waals surface area (Å²) in [5.74, 6) is 0.376. The average molecular weight is 522 g/mol. The molecule has 1 fully saturated rings. The first-order chi connectivity index (χ1) is 15.8. The quantitative estimate of drug-likeness (QED) is 0.604. The van der Waals surface area contributed by atoms with Gasteiger partial charge in [0.05, 0.1) is 22.8 Å². The van der Waals surface area contributed by atoms with E-state index in [1.54, 1.807) is 4.90 Å². The predicted molar refractivity (Wildman–Crippen MR) is 126 cm³/mol. The Morgan fingerprint density at radius 3 is 2.32 bits per heavy atom. The van der Waals surface area contributed by atoms with Crippen LogP contribution < -0.4 is 15.4 Å². The van der Waals surface area contributed by atoms with Crippen molar-refractivity contribution in [3.8, 4) is 5.75 Å². The molecule has 0 saturated carbocycles. The monoisotopic (exact) mass is 521 g/mol. The van der Waals surface area contributed by atoms with Crippen LogP contribution in [0.1, 0.15) is 36.8 Å². The fraction of sp³-hybridized carbons (Fsp3) is 0.545. The van der Waals surface area contributed by atoms with E-state index in [1.165, 1.54) is 14.0 Å². The Kier molecular flexibility index (Phi) is 7.94. The van der Waals surface area contributed by atoms with Crippen LogP contribution in [0.4, 0.5) is 18.9 Å². The van der Waals surface area contributed by atoms with E-state index in [2.05, 4.69) is 10.00 Å². The number of rotatable bonds is 6. The Bertz CT molecular complexity index is 1050. The normalized spacial score (nSPS) is 15.7. The Labute approximate surface area is 206 Å². The van der Waals surface area contributed by atoms with Crippen LogP contribution in [-0.4, -0.2) is 53.9 Å². The molecule has 1 aliphatic heterocycles. The number of anilines is 1. The summed E-state index contributed by atoms with van der Waals surface area (Å²) in [5.41, 5.74) is 7.13. The van der Waals surface area contributed by atoms with Crippen molar-refractivity contribution in [2.24, 2.45) is 11.7 Å². The van der Waals surface area contributed by atoms with Crippen LogP contribution >= 0.6 is 23.2 Å². The number of nitrogens with two attached hydrogens (primary N) is 1. The number of halogens is 5. The number of hydrogen-bond acceptors (Lipinski definition) is 5. The van der Waals surface area contributed by atoms with Crippen LogP contribution in [0.3, 0.4) is 0 Å². The topological polar surface area (TPSA) is 76.6 Å². The van der Waals surface area contributed by atoms with Gasteiger partial charge in [0.25, 0.3) is 0 Å². The van der Waals surface area contributed by atoms with E-state index >= 15 is 0 Å². The van der Waals surface area contributed by atoms with Crippen molar-refractivity contribution in [3.05, 3.63) is 39.1 Å². The molecule has 0 bridgehead atoms. The van der Waals surface area contributed by atoms with Gasteiger partial charge >= 0.3 is 6.18 Å². The molecule has 34 heavy (non-hydrogen) atoms. The first-order valence-electron chi connectivity index (χ1n) is 10.8. The SMILES string of the molecule is COc1cc(N2CCN(C(=O)Cn3nc(C(F)(F)F)c(Cl)c3C)CC2)c(C(N)C(C)C)cc1Cl. The predicted octanol–water partition coefficient (Wildman–Crippen LogP) is 4.53. The lowest BCUT2D eigenvalue weighted by molar-refractivity contribution is -0.142. The summed E-state index contributed by atoms with van der Waals surface area (Å²) >= 11 is 12.1. The second-order valence-electron chi connectivity index (χ2n) is 8.59. The minimum Gasteiger partial charge on any atom is -0.495 e. The standard InChI is InChI=1S/C22H28Cl2F3N5O2/c1-12(2)20(28)14-9-15(23)17(34-4)10-16(14)30-5-7-31(8-6-30)18(33)11-32-13(3)19(24)21(29-32)22(25,26)27/h9-10,12,20H,5-8,11,28H2,1-4H3. The molecule has 1 aromatic heterocycles. The molecule has 188 valence electrons. The van der Waals surface area contributed by atoms with E-state index in [9.17, 15) is 18.0 Å². The van der Waals surface area contributed by atoms with Crippen LogP contribution in [0.5, 0.6) is 5.75 Å². The summed E-state index contributed by atoms with van der Waals surface area (Å²) in [4.78, 5) is 16.5. The molecule has 0 aliphatic carbocycles. The number of ether oxygens (including phenoxy) is 1. The van der Waals surface area contributed by atoms with E-state index < -0.39 is 16.9 Å². The molecular weight excluding hydrogens is 494 g/mol. The summed E-state index contributed by atoms with van der Waals surface area (Å²) in [6, 6.07) is 3.43. The van der Waals surface area contributed by atoms with Gasteiger partial charge in [-0.2, -0.15) is 18.3 Å². The number of piperazine rings is 1. The maximum absolute atomic E-state index is 13.1. The van der Waals surface area contributed by atoms with Crippen LogP contribution in [0.15, 0.2) is 12.1 Å². The molecule has 12 heteroatoms. The summed E-state index contributed by atoms with van der Waals surface area (Å²) in [6.07, 6.45) is -4.68. The van der Waals surface area contributed by atoms with Gasteiger partial charge < -0.3 is 20.3 Å². The third-order valence-corrected chi connectivity index (χ3v) is 6.79. The van der Waals surface area contributed by atoms with Gasteiger partial charge in [-0.3, -0.25) is 9.48 Å². The van der Waals surface area contributed by atoms with Crippen LogP contribution in [-0.2, 0) is 17.5 Å². The van der Waals surface area contributed by atoms with Crippen LogP contribution in [0.2, 0.25) is 10.0 Å². The third kappa shape index (κ3) is 5.39. The lowest BCUT2D eigenvalue weighted by atomic mass is 9.94. The zero-order chi connectivity index (χ0) is 25.4. The molecule has 1 amide bonds. The summed E-state index contributed by atoms with van der Waals surface area (Å²) in [7, 11) is 1.54. The molecule has 0 radical (unpaired) electrons. The molecule has 1 unspecified atom stereocenters. The molecule has 1 atom stereocenters. The van der Waals surface area contributed by atoms with Crippen LogP contribution in [0.25, 0.3) is 0 Å². The number of amides is 1. The smallest absolute Gasteiger partial charge is 0.436 e. The summed E-state index contributed by atoms with van der Waals surface area (Å²) < 4.78 is 45.6. The highest BCUT2D eigenvalue weighted by Gasteiger charge is 2.38. The first-order valence-corrected chi connectivity index (χ1v) is 11.6. The fourth-order valence-corrected chi connectivity index (χ4v) is 4.39. The largest absolute Gasteiger partial charge is 0.495 e. The zero-order valence-electron chi connectivity index (χ0n) is 19.4. The van der Waals surface area contributed by atoms with Gasteiger partial charge in [0.15, 0.2) is 5.69 Å². The van der Waals surface area contributed by atoms with Crippen molar-refractivity contribution in [3.63, 3.8) is 0 Å². The van der Waals surface area contributed by atoms with Gasteiger partial charge in [0.2, 0.25) is 5.91 Å². The number of hydrogen-bond donors (Lipinski definition) is 1. The van der Waals surface area contributed by atoms with Crippen molar-refractivity contribution < 1.29 is 22.7 Å². The minimum absolute atomic E-state index is 0.0987. The van der Waals surface area contributed by atoms with Crippen molar-refractivity contribution >= 4 is 34.8 Å². The molecule has 1 aromatic carbocycles.